The van der Waals surface area contributed by atoms with E-state index in [1.54, 1.807) is 0 Å². The first-order chi connectivity index (χ1) is 9.25. The van der Waals surface area contributed by atoms with E-state index in [0.29, 0.717) is 16.7 Å². The molecule has 0 saturated carbocycles. The summed E-state index contributed by atoms with van der Waals surface area (Å²) in [6.45, 7) is 2.08. The Labute approximate surface area is 117 Å². The predicted molar refractivity (Wildman–Crippen MR) is 84.2 cm³/mol. The van der Waals surface area contributed by atoms with Gasteiger partial charge in [-0.15, -0.1) is 0 Å². The first-order valence-electron chi connectivity index (χ1n) is 6.91. The fourth-order valence-electron chi connectivity index (χ4n) is 2.85. The van der Waals surface area contributed by atoms with Crippen LogP contribution in [0, 0.1) is 6.92 Å². The number of rotatable bonds is 3. The van der Waals surface area contributed by atoms with Crippen LogP contribution in [-0.2, 0) is 10.9 Å². The molecule has 2 heteroatoms. The van der Waals surface area contributed by atoms with Gasteiger partial charge in [-0.2, -0.15) is 0 Å². The molecule has 1 aliphatic rings. The molecule has 0 bridgehead atoms. The molecule has 1 heterocycles. The van der Waals surface area contributed by atoms with Gasteiger partial charge in [0.2, 0.25) is 5.78 Å². The lowest BCUT2D eigenvalue weighted by atomic mass is 9.98. The van der Waals surface area contributed by atoms with Crippen molar-refractivity contribution in [2.75, 3.05) is 17.3 Å². The monoisotopic (exact) mass is 271 g/mol. The second kappa shape index (κ2) is 5.38. The van der Waals surface area contributed by atoms with Gasteiger partial charge in [0, 0.05) is 5.56 Å². The summed E-state index contributed by atoms with van der Waals surface area (Å²) in [5, 5.41) is 2.43. The topological polar surface area (TPSA) is 17.1 Å². The van der Waals surface area contributed by atoms with Gasteiger partial charge in [-0.1, -0.05) is 36.4 Å². The first kappa shape index (κ1) is 12.7. The van der Waals surface area contributed by atoms with Gasteiger partial charge < -0.3 is 0 Å². The zero-order valence-corrected chi connectivity index (χ0v) is 12.1. The fraction of sp³-hybridized carbons (Fsp3) is 0.353. The molecular formula is C17H19OS+. The van der Waals surface area contributed by atoms with Crippen LogP contribution in [0.2, 0.25) is 0 Å². The highest BCUT2D eigenvalue weighted by atomic mass is 32.2. The summed E-state index contributed by atoms with van der Waals surface area (Å²) in [6, 6.07) is 12.4. The zero-order valence-electron chi connectivity index (χ0n) is 11.3. The molecule has 0 aromatic heterocycles. The minimum absolute atomic E-state index is 0.341. The molecule has 98 valence electrons. The molecule has 0 unspecified atom stereocenters. The molecule has 0 spiro atoms. The molecule has 0 atom stereocenters. The fourth-order valence-corrected chi connectivity index (χ4v) is 5.09. The van der Waals surface area contributed by atoms with Crippen molar-refractivity contribution in [3.63, 3.8) is 0 Å². The van der Waals surface area contributed by atoms with Crippen LogP contribution in [0.1, 0.15) is 28.8 Å². The van der Waals surface area contributed by atoms with Crippen LogP contribution in [0.15, 0.2) is 36.4 Å². The molecule has 1 saturated heterocycles. The van der Waals surface area contributed by atoms with E-state index in [2.05, 4.69) is 25.1 Å². The molecule has 1 fully saturated rings. The second-order valence-corrected chi connectivity index (χ2v) is 7.58. The molecule has 0 aliphatic carbocycles. The summed E-state index contributed by atoms with van der Waals surface area (Å²) in [7, 11) is 0.351. The number of hydrogen-bond donors (Lipinski definition) is 0. The maximum Gasteiger partial charge on any atom is 0.212 e. The van der Waals surface area contributed by atoms with Crippen molar-refractivity contribution in [1.29, 1.82) is 0 Å². The normalized spacial score (nSPS) is 16.1. The number of Topliss-reactive ketones (excluding diaryl/α,β-unsaturated/α-hetero) is 1. The Morgan fingerprint density at radius 2 is 1.84 bits per heavy atom. The average molecular weight is 271 g/mol. The van der Waals surface area contributed by atoms with Gasteiger partial charge in [0.25, 0.3) is 0 Å². The minimum atomic E-state index is 0.341. The molecule has 1 aliphatic heterocycles. The van der Waals surface area contributed by atoms with Gasteiger partial charge in [-0.05, 0) is 47.0 Å². The SMILES string of the molecule is Cc1c(C(=O)C[S+]2CCCC2)ccc2ccccc12. The standard InChI is InChI=1S/C17H19OS/c1-13-15-7-3-2-6-14(15)8-9-16(13)17(18)12-19-10-4-5-11-19/h2-3,6-9H,4-5,10-12H2,1H3/q+1. The number of carbonyl (C=O) groups excluding carboxylic acids is 1. The quantitative estimate of drug-likeness (QED) is 0.614. The Balaban J connectivity index is 1.91. The van der Waals surface area contributed by atoms with E-state index in [1.165, 1.54) is 35.1 Å². The van der Waals surface area contributed by atoms with E-state index in [0.717, 1.165) is 16.9 Å². The maximum atomic E-state index is 12.5. The van der Waals surface area contributed by atoms with E-state index < -0.39 is 0 Å². The van der Waals surface area contributed by atoms with E-state index in [9.17, 15) is 4.79 Å². The van der Waals surface area contributed by atoms with Crippen molar-refractivity contribution in [3.05, 3.63) is 47.5 Å². The van der Waals surface area contributed by atoms with Crippen molar-refractivity contribution in [1.82, 2.24) is 0 Å². The Morgan fingerprint density at radius 3 is 2.63 bits per heavy atom. The van der Waals surface area contributed by atoms with Crippen LogP contribution in [0.25, 0.3) is 10.8 Å². The molecule has 0 N–H and O–H groups in total. The molecule has 1 nitrogen and oxygen atoms in total. The number of ketones is 1. The zero-order chi connectivity index (χ0) is 13.2. The number of aryl methyl sites for hydroxylation is 1. The Hall–Kier alpha value is -1.28. The highest BCUT2D eigenvalue weighted by Crippen LogP contribution is 2.23. The van der Waals surface area contributed by atoms with Crippen molar-refractivity contribution in [2.24, 2.45) is 0 Å². The van der Waals surface area contributed by atoms with E-state index in [4.69, 9.17) is 0 Å². The highest BCUT2D eigenvalue weighted by molar-refractivity contribution is 7.97. The molecule has 19 heavy (non-hydrogen) atoms. The van der Waals surface area contributed by atoms with Gasteiger partial charge in [0.15, 0.2) is 5.75 Å². The lowest BCUT2D eigenvalue weighted by Gasteiger charge is -2.08. The Kier molecular flexibility index (Phi) is 3.61. The number of benzene rings is 2. The summed E-state index contributed by atoms with van der Waals surface area (Å²) in [5.74, 6) is 3.63. The van der Waals surface area contributed by atoms with E-state index in [-0.39, 0.29) is 0 Å². The van der Waals surface area contributed by atoms with Crippen molar-refractivity contribution in [3.8, 4) is 0 Å². The third kappa shape index (κ3) is 2.55. The number of carbonyl (C=O) groups is 1. The lowest BCUT2D eigenvalue weighted by Crippen LogP contribution is -2.18. The van der Waals surface area contributed by atoms with Crippen LogP contribution < -0.4 is 0 Å². The smallest absolute Gasteiger partial charge is 0.212 e. The highest BCUT2D eigenvalue weighted by Gasteiger charge is 2.28. The third-order valence-electron chi connectivity index (χ3n) is 3.95. The molecule has 3 rings (SSSR count). The van der Waals surface area contributed by atoms with Crippen molar-refractivity contribution in [2.45, 2.75) is 19.8 Å². The van der Waals surface area contributed by atoms with Crippen LogP contribution >= 0.6 is 0 Å². The van der Waals surface area contributed by atoms with Crippen LogP contribution in [0.3, 0.4) is 0 Å². The molecular weight excluding hydrogens is 252 g/mol. The van der Waals surface area contributed by atoms with E-state index in [1.807, 2.05) is 18.2 Å². The van der Waals surface area contributed by atoms with Crippen LogP contribution in [0.4, 0.5) is 0 Å². The average Bonchev–Trinajstić information content (AvgIpc) is 2.92. The van der Waals surface area contributed by atoms with Crippen LogP contribution in [0.5, 0.6) is 0 Å². The van der Waals surface area contributed by atoms with Gasteiger partial charge in [-0.3, -0.25) is 4.79 Å². The number of hydrogen-bond acceptors (Lipinski definition) is 1. The van der Waals surface area contributed by atoms with Gasteiger partial charge in [0.1, 0.15) is 11.5 Å². The Morgan fingerprint density at radius 1 is 1.11 bits per heavy atom. The molecule has 2 aromatic rings. The second-order valence-electron chi connectivity index (χ2n) is 5.25. The molecule has 2 aromatic carbocycles. The van der Waals surface area contributed by atoms with Crippen molar-refractivity contribution < 1.29 is 4.79 Å². The van der Waals surface area contributed by atoms with Crippen molar-refractivity contribution >= 4 is 27.5 Å². The number of fused-ring (bicyclic) bond motifs is 1. The summed E-state index contributed by atoms with van der Waals surface area (Å²) in [5.41, 5.74) is 2.07. The Bertz CT molecular complexity index is 612. The molecule has 0 amide bonds. The van der Waals surface area contributed by atoms with Gasteiger partial charge >= 0.3 is 0 Å². The molecule has 0 radical (unpaired) electrons. The summed E-state index contributed by atoms with van der Waals surface area (Å²) >= 11 is 0. The van der Waals surface area contributed by atoms with Crippen LogP contribution in [-0.4, -0.2) is 23.0 Å². The predicted octanol–water partition coefficient (Wildman–Crippen LogP) is 3.74. The summed E-state index contributed by atoms with van der Waals surface area (Å²) < 4.78 is 0. The lowest BCUT2D eigenvalue weighted by molar-refractivity contribution is 0.102. The van der Waals surface area contributed by atoms with Gasteiger partial charge in [0.05, 0.1) is 0 Å². The van der Waals surface area contributed by atoms with E-state index >= 15 is 0 Å². The third-order valence-corrected chi connectivity index (χ3v) is 6.35. The maximum absolute atomic E-state index is 12.5. The summed E-state index contributed by atoms with van der Waals surface area (Å²) in [4.78, 5) is 12.5. The minimum Gasteiger partial charge on any atom is -0.289 e. The van der Waals surface area contributed by atoms with Gasteiger partial charge in [-0.25, -0.2) is 0 Å². The summed E-state index contributed by atoms with van der Waals surface area (Å²) in [6.07, 6.45) is 2.63. The first-order valence-corrected chi connectivity index (χ1v) is 8.64. The largest absolute Gasteiger partial charge is 0.289 e.